The Morgan fingerprint density at radius 1 is 1.33 bits per heavy atom. The van der Waals surface area contributed by atoms with E-state index in [1.807, 2.05) is 0 Å². The molecule has 1 unspecified atom stereocenters. The van der Waals surface area contributed by atoms with E-state index in [1.54, 1.807) is 45.0 Å². The Balaban J connectivity index is 3.15. The predicted octanol–water partition coefficient (Wildman–Crippen LogP) is 2.79. The molecule has 0 saturated heterocycles. The normalized spacial score (nSPS) is 14.4. The van der Waals surface area contributed by atoms with Crippen LogP contribution in [0.4, 0.5) is 0 Å². The van der Waals surface area contributed by atoms with E-state index >= 15 is 0 Å². The van der Waals surface area contributed by atoms with Crippen LogP contribution in [0.2, 0.25) is 0 Å². The maximum absolute atomic E-state index is 11.9. The zero-order valence-electron chi connectivity index (χ0n) is 10.3. The molecule has 18 heavy (non-hydrogen) atoms. The number of aliphatic carboxylic acids is 1. The Bertz CT molecular complexity index is 465. The smallest absolute Gasteiger partial charge is 0.359 e. The van der Waals surface area contributed by atoms with E-state index in [1.165, 1.54) is 0 Å². The van der Waals surface area contributed by atoms with Crippen LogP contribution in [0.15, 0.2) is 33.1 Å². The number of carboxylic acid groups (broad SMARTS) is 1. The van der Waals surface area contributed by atoms with Crippen molar-refractivity contribution >= 4 is 39.0 Å². The Kier molecular flexibility index (Phi) is 4.95. The molecule has 1 aromatic carbocycles. The molecule has 0 aliphatic heterocycles. The molecule has 0 radical (unpaired) electrons. The molecule has 6 heteroatoms. The second-order valence-corrected chi connectivity index (χ2v) is 7.43. The SMILES string of the molecule is CC(C)(C)[S+]([O-])/N=C(/C(=O)O)c1ccc(Br)cc1. The van der Waals surface area contributed by atoms with E-state index in [9.17, 15) is 9.35 Å². The second kappa shape index (κ2) is 5.86. The van der Waals surface area contributed by atoms with Gasteiger partial charge in [0, 0.05) is 10.0 Å². The number of hydrogen-bond acceptors (Lipinski definition) is 3. The maximum atomic E-state index is 11.9. The van der Waals surface area contributed by atoms with Crippen molar-refractivity contribution in [1.29, 1.82) is 0 Å². The van der Waals surface area contributed by atoms with Crippen LogP contribution < -0.4 is 0 Å². The molecule has 0 aromatic heterocycles. The van der Waals surface area contributed by atoms with Gasteiger partial charge in [0.2, 0.25) is 5.71 Å². The van der Waals surface area contributed by atoms with Gasteiger partial charge < -0.3 is 9.66 Å². The van der Waals surface area contributed by atoms with Gasteiger partial charge in [-0.3, -0.25) is 0 Å². The quantitative estimate of drug-likeness (QED) is 0.683. The van der Waals surface area contributed by atoms with Crippen molar-refractivity contribution in [1.82, 2.24) is 0 Å². The van der Waals surface area contributed by atoms with Gasteiger partial charge in [0.05, 0.1) is 0 Å². The van der Waals surface area contributed by atoms with E-state index in [0.717, 1.165) is 4.47 Å². The number of rotatable bonds is 3. The summed E-state index contributed by atoms with van der Waals surface area (Å²) >= 11 is 1.67. The third kappa shape index (κ3) is 4.12. The van der Waals surface area contributed by atoms with Gasteiger partial charge in [-0.2, -0.15) is 0 Å². The molecular formula is C12H14BrNO3S. The van der Waals surface area contributed by atoms with Crippen LogP contribution in [-0.2, 0) is 16.2 Å². The maximum Gasteiger partial charge on any atom is 0.359 e. The average Bonchev–Trinajstić information content (AvgIpc) is 2.25. The highest BCUT2D eigenvalue weighted by Gasteiger charge is 2.29. The molecule has 0 aliphatic carbocycles. The number of nitrogens with zero attached hydrogens (tertiary/aromatic N) is 1. The van der Waals surface area contributed by atoms with Gasteiger partial charge in [0.25, 0.3) is 0 Å². The lowest BCUT2D eigenvalue weighted by atomic mass is 10.1. The second-order valence-electron chi connectivity index (χ2n) is 4.61. The van der Waals surface area contributed by atoms with Gasteiger partial charge >= 0.3 is 5.97 Å². The standard InChI is InChI=1S/C12H14BrNO3S/c1-12(2,3)18(17)14-10(11(15)16)8-4-6-9(13)7-5-8/h4-7H,1-3H3,(H,15,16)/b14-10+. The molecule has 0 amide bonds. The summed E-state index contributed by atoms with van der Waals surface area (Å²) in [5.74, 6) is -1.19. The molecule has 1 aromatic rings. The lowest BCUT2D eigenvalue weighted by molar-refractivity contribution is -0.129. The summed E-state index contributed by atoms with van der Waals surface area (Å²) in [5.41, 5.74) is 0.249. The number of halogens is 1. The van der Waals surface area contributed by atoms with E-state index in [2.05, 4.69) is 20.3 Å². The van der Waals surface area contributed by atoms with Crippen molar-refractivity contribution in [2.45, 2.75) is 25.5 Å². The number of benzene rings is 1. The van der Waals surface area contributed by atoms with E-state index in [-0.39, 0.29) is 5.71 Å². The lowest BCUT2D eigenvalue weighted by Crippen LogP contribution is -2.28. The molecule has 1 atom stereocenters. The van der Waals surface area contributed by atoms with Crippen LogP contribution >= 0.6 is 15.9 Å². The van der Waals surface area contributed by atoms with Crippen molar-refractivity contribution in [2.75, 3.05) is 0 Å². The molecule has 0 bridgehead atoms. The summed E-state index contributed by atoms with van der Waals surface area (Å²) in [6.45, 7) is 5.23. The third-order valence-corrected chi connectivity index (χ3v) is 3.94. The fourth-order valence-corrected chi connectivity index (χ4v) is 1.93. The first-order valence-electron chi connectivity index (χ1n) is 5.22. The Hall–Kier alpha value is -0.850. The minimum absolute atomic E-state index is 0.184. The van der Waals surface area contributed by atoms with Crippen molar-refractivity contribution in [3.63, 3.8) is 0 Å². The van der Waals surface area contributed by atoms with Crippen LogP contribution in [0.5, 0.6) is 0 Å². The molecule has 0 spiro atoms. The number of hydrogen-bond donors (Lipinski definition) is 1. The van der Waals surface area contributed by atoms with Gasteiger partial charge in [-0.15, -0.1) is 0 Å². The largest absolute Gasteiger partial charge is 0.591 e. The first-order valence-corrected chi connectivity index (χ1v) is 7.11. The molecule has 98 valence electrons. The summed E-state index contributed by atoms with van der Waals surface area (Å²) < 4.78 is 15.9. The molecule has 0 fully saturated rings. The molecule has 1 rings (SSSR count). The zero-order chi connectivity index (χ0) is 13.9. The van der Waals surface area contributed by atoms with Crippen LogP contribution in [0.3, 0.4) is 0 Å². The van der Waals surface area contributed by atoms with Crippen LogP contribution in [0.25, 0.3) is 0 Å². The van der Waals surface area contributed by atoms with Gasteiger partial charge in [0.1, 0.15) is 16.1 Å². The van der Waals surface area contributed by atoms with Crippen LogP contribution in [-0.4, -0.2) is 26.1 Å². The summed E-state index contributed by atoms with van der Waals surface area (Å²) in [5, 5.41) is 9.13. The van der Waals surface area contributed by atoms with Crippen molar-refractivity contribution in [3.8, 4) is 0 Å². The fraction of sp³-hybridized carbons (Fsp3) is 0.333. The van der Waals surface area contributed by atoms with Gasteiger partial charge in [0.15, 0.2) is 0 Å². The average molecular weight is 332 g/mol. The molecular weight excluding hydrogens is 318 g/mol. The highest BCUT2D eigenvalue weighted by Crippen LogP contribution is 2.19. The summed E-state index contributed by atoms with van der Waals surface area (Å²) in [6.07, 6.45) is 0. The van der Waals surface area contributed by atoms with E-state index in [0.29, 0.717) is 5.56 Å². The van der Waals surface area contributed by atoms with E-state index in [4.69, 9.17) is 5.11 Å². The zero-order valence-corrected chi connectivity index (χ0v) is 12.7. The number of carbonyl (C=O) groups is 1. The highest BCUT2D eigenvalue weighted by molar-refractivity contribution is 9.10. The lowest BCUT2D eigenvalue weighted by Gasteiger charge is -2.18. The molecule has 0 aliphatic rings. The fourth-order valence-electron chi connectivity index (χ4n) is 1.04. The Morgan fingerprint density at radius 3 is 2.22 bits per heavy atom. The number of carboxylic acids is 1. The Labute approximate surface area is 118 Å². The minimum Gasteiger partial charge on any atom is -0.591 e. The first-order chi connectivity index (χ1) is 8.21. The van der Waals surface area contributed by atoms with Gasteiger partial charge in [-0.05, 0) is 32.9 Å². The topological polar surface area (TPSA) is 72.7 Å². The van der Waals surface area contributed by atoms with Crippen molar-refractivity contribution < 1.29 is 14.5 Å². The van der Waals surface area contributed by atoms with Crippen LogP contribution in [0, 0.1) is 0 Å². The minimum atomic E-state index is -1.60. The van der Waals surface area contributed by atoms with E-state index < -0.39 is 22.1 Å². The molecule has 4 nitrogen and oxygen atoms in total. The highest BCUT2D eigenvalue weighted by atomic mass is 79.9. The molecule has 0 saturated carbocycles. The summed E-state index contributed by atoms with van der Waals surface area (Å²) in [4.78, 5) is 11.2. The monoisotopic (exact) mass is 331 g/mol. The van der Waals surface area contributed by atoms with Gasteiger partial charge in [-0.1, -0.05) is 32.5 Å². The Morgan fingerprint density at radius 2 is 1.83 bits per heavy atom. The summed E-state index contributed by atoms with van der Waals surface area (Å²) in [6, 6.07) is 6.68. The molecule has 0 heterocycles. The van der Waals surface area contributed by atoms with Crippen LogP contribution in [0.1, 0.15) is 26.3 Å². The first kappa shape index (κ1) is 15.2. The third-order valence-electron chi connectivity index (χ3n) is 2.02. The van der Waals surface area contributed by atoms with Crippen molar-refractivity contribution in [2.24, 2.45) is 4.40 Å². The molecule has 1 N–H and O–H groups in total. The van der Waals surface area contributed by atoms with Gasteiger partial charge in [-0.25, -0.2) is 4.79 Å². The predicted molar refractivity (Wildman–Crippen MR) is 76.2 cm³/mol. The summed E-state index contributed by atoms with van der Waals surface area (Å²) in [7, 11) is 0. The van der Waals surface area contributed by atoms with Crippen molar-refractivity contribution in [3.05, 3.63) is 34.3 Å².